The summed E-state index contributed by atoms with van der Waals surface area (Å²) in [5.74, 6) is -0.991. The Morgan fingerprint density at radius 1 is 1.32 bits per heavy atom. The Morgan fingerprint density at radius 3 is 2.58 bits per heavy atom. The first-order chi connectivity index (χ1) is 9.08. The zero-order chi connectivity index (χ0) is 13.8. The van der Waals surface area contributed by atoms with Crippen molar-refractivity contribution in [3.63, 3.8) is 0 Å². The molecule has 1 atom stereocenters. The number of rotatable bonds is 5. The van der Waals surface area contributed by atoms with E-state index in [9.17, 15) is 8.78 Å². The molecule has 19 heavy (non-hydrogen) atoms. The molecule has 1 unspecified atom stereocenters. The third kappa shape index (κ3) is 3.38. The molecule has 2 aromatic rings. The van der Waals surface area contributed by atoms with Crippen LogP contribution in [0.4, 0.5) is 8.78 Å². The van der Waals surface area contributed by atoms with Crippen LogP contribution in [0, 0.1) is 18.6 Å². The van der Waals surface area contributed by atoms with Gasteiger partial charge in [-0.15, -0.1) is 0 Å². The maximum atomic E-state index is 13.5. The minimum Gasteiger partial charge on any atom is -0.348 e. The van der Waals surface area contributed by atoms with Crippen LogP contribution in [0.3, 0.4) is 0 Å². The molecule has 0 spiro atoms. The fourth-order valence-electron chi connectivity index (χ4n) is 1.94. The summed E-state index contributed by atoms with van der Waals surface area (Å²) >= 11 is 0. The van der Waals surface area contributed by atoms with Crippen molar-refractivity contribution in [3.8, 4) is 0 Å². The van der Waals surface area contributed by atoms with Gasteiger partial charge in [-0.2, -0.15) is 0 Å². The highest BCUT2D eigenvalue weighted by Gasteiger charge is 2.12. The summed E-state index contributed by atoms with van der Waals surface area (Å²) in [6, 6.07) is 3.90. The molecule has 2 N–H and O–H groups in total. The molecule has 0 fully saturated rings. The molecule has 0 aliphatic rings. The SMILES string of the molecule is Cc1[nH]cnc1CNC(C)Cc1c(F)cccc1F. The highest BCUT2D eigenvalue weighted by molar-refractivity contribution is 5.20. The molecule has 0 bridgehead atoms. The third-order valence-corrected chi connectivity index (χ3v) is 3.12. The first-order valence-corrected chi connectivity index (χ1v) is 6.23. The summed E-state index contributed by atoms with van der Waals surface area (Å²) in [6.07, 6.45) is 1.94. The van der Waals surface area contributed by atoms with Crippen LogP contribution in [0.5, 0.6) is 0 Å². The van der Waals surface area contributed by atoms with E-state index in [1.807, 2.05) is 13.8 Å². The van der Waals surface area contributed by atoms with E-state index in [2.05, 4.69) is 15.3 Å². The van der Waals surface area contributed by atoms with E-state index in [-0.39, 0.29) is 11.6 Å². The highest BCUT2D eigenvalue weighted by atomic mass is 19.1. The number of nitrogens with zero attached hydrogens (tertiary/aromatic N) is 1. The standard InChI is InChI=1S/C14H17F2N3/c1-9(17-7-14-10(2)18-8-19-14)6-11-12(15)4-3-5-13(11)16/h3-5,8-9,17H,6-7H2,1-2H3,(H,18,19). The van der Waals surface area contributed by atoms with Crippen molar-refractivity contribution >= 4 is 0 Å². The second-order valence-corrected chi connectivity index (χ2v) is 4.66. The molecule has 1 aromatic carbocycles. The molecule has 0 amide bonds. The number of aromatic amines is 1. The minimum absolute atomic E-state index is 0.0394. The lowest BCUT2D eigenvalue weighted by Gasteiger charge is -2.14. The Bertz CT molecular complexity index is 531. The number of hydrogen-bond acceptors (Lipinski definition) is 2. The molecular weight excluding hydrogens is 248 g/mol. The normalized spacial score (nSPS) is 12.6. The Morgan fingerprint density at radius 2 is 2.00 bits per heavy atom. The van der Waals surface area contributed by atoms with Gasteiger partial charge in [0.2, 0.25) is 0 Å². The molecule has 1 heterocycles. The third-order valence-electron chi connectivity index (χ3n) is 3.12. The van der Waals surface area contributed by atoms with Crippen LogP contribution < -0.4 is 5.32 Å². The van der Waals surface area contributed by atoms with Gasteiger partial charge in [-0.05, 0) is 32.4 Å². The van der Waals surface area contributed by atoms with Gasteiger partial charge >= 0.3 is 0 Å². The smallest absolute Gasteiger partial charge is 0.129 e. The van der Waals surface area contributed by atoms with E-state index in [1.54, 1.807) is 6.33 Å². The van der Waals surface area contributed by atoms with Gasteiger partial charge in [0.05, 0.1) is 12.0 Å². The summed E-state index contributed by atoms with van der Waals surface area (Å²) in [7, 11) is 0. The molecule has 3 nitrogen and oxygen atoms in total. The van der Waals surface area contributed by atoms with Crippen LogP contribution in [-0.2, 0) is 13.0 Å². The second kappa shape index (κ2) is 5.93. The molecule has 2 rings (SSSR count). The lowest BCUT2D eigenvalue weighted by atomic mass is 10.1. The van der Waals surface area contributed by atoms with Crippen molar-refractivity contribution in [3.05, 3.63) is 53.1 Å². The predicted octanol–water partition coefficient (Wildman–Crippen LogP) is 2.72. The Labute approximate surface area is 111 Å². The maximum Gasteiger partial charge on any atom is 0.129 e. The zero-order valence-electron chi connectivity index (χ0n) is 11.0. The van der Waals surface area contributed by atoms with Gasteiger partial charge in [-0.1, -0.05) is 6.07 Å². The van der Waals surface area contributed by atoms with Crippen molar-refractivity contribution in [1.29, 1.82) is 0 Å². The monoisotopic (exact) mass is 265 g/mol. The molecule has 0 radical (unpaired) electrons. The molecule has 0 aliphatic carbocycles. The van der Waals surface area contributed by atoms with Crippen LogP contribution in [0.25, 0.3) is 0 Å². The van der Waals surface area contributed by atoms with Crippen molar-refractivity contribution in [1.82, 2.24) is 15.3 Å². The molecule has 1 aromatic heterocycles. The lowest BCUT2D eigenvalue weighted by Crippen LogP contribution is -2.28. The highest BCUT2D eigenvalue weighted by Crippen LogP contribution is 2.14. The fourth-order valence-corrected chi connectivity index (χ4v) is 1.94. The van der Waals surface area contributed by atoms with Gasteiger partial charge in [0.25, 0.3) is 0 Å². The number of benzene rings is 1. The van der Waals surface area contributed by atoms with Crippen LogP contribution >= 0.6 is 0 Å². The Balaban J connectivity index is 1.94. The van der Waals surface area contributed by atoms with E-state index < -0.39 is 11.6 Å². The van der Waals surface area contributed by atoms with Crippen molar-refractivity contribution in [2.75, 3.05) is 0 Å². The second-order valence-electron chi connectivity index (χ2n) is 4.66. The number of aromatic nitrogens is 2. The van der Waals surface area contributed by atoms with E-state index in [0.717, 1.165) is 11.4 Å². The average Bonchev–Trinajstić information content (AvgIpc) is 2.77. The van der Waals surface area contributed by atoms with Crippen LogP contribution in [0.2, 0.25) is 0 Å². The van der Waals surface area contributed by atoms with E-state index >= 15 is 0 Å². The zero-order valence-corrected chi connectivity index (χ0v) is 11.0. The fraction of sp³-hybridized carbons (Fsp3) is 0.357. The van der Waals surface area contributed by atoms with E-state index in [0.29, 0.717) is 13.0 Å². The first-order valence-electron chi connectivity index (χ1n) is 6.23. The number of aryl methyl sites for hydroxylation is 1. The van der Waals surface area contributed by atoms with Crippen molar-refractivity contribution in [2.24, 2.45) is 0 Å². The summed E-state index contributed by atoms with van der Waals surface area (Å²) in [4.78, 5) is 7.15. The number of hydrogen-bond donors (Lipinski definition) is 2. The molecular formula is C14H17F2N3. The van der Waals surface area contributed by atoms with Gasteiger partial charge in [0, 0.05) is 23.8 Å². The Hall–Kier alpha value is -1.75. The van der Waals surface area contributed by atoms with E-state index in [4.69, 9.17) is 0 Å². The van der Waals surface area contributed by atoms with Gasteiger partial charge in [0.15, 0.2) is 0 Å². The van der Waals surface area contributed by atoms with Crippen LogP contribution in [-0.4, -0.2) is 16.0 Å². The summed E-state index contributed by atoms with van der Waals surface area (Å²) in [6.45, 7) is 4.41. The molecule has 0 saturated carbocycles. The van der Waals surface area contributed by atoms with Gasteiger partial charge < -0.3 is 10.3 Å². The number of imidazole rings is 1. The summed E-state index contributed by atoms with van der Waals surface area (Å²) < 4.78 is 27.0. The molecule has 0 saturated heterocycles. The number of nitrogens with one attached hydrogen (secondary N) is 2. The molecule has 102 valence electrons. The van der Waals surface area contributed by atoms with Crippen molar-refractivity contribution in [2.45, 2.75) is 32.9 Å². The summed E-state index contributed by atoms with van der Waals surface area (Å²) in [5, 5.41) is 3.21. The van der Waals surface area contributed by atoms with Gasteiger partial charge in [0.1, 0.15) is 11.6 Å². The van der Waals surface area contributed by atoms with E-state index in [1.165, 1.54) is 18.2 Å². The molecule has 5 heteroatoms. The largest absolute Gasteiger partial charge is 0.348 e. The number of halogens is 2. The lowest BCUT2D eigenvalue weighted by molar-refractivity contribution is 0.497. The predicted molar refractivity (Wildman–Crippen MR) is 69.7 cm³/mol. The van der Waals surface area contributed by atoms with Gasteiger partial charge in [-0.3, -0.25) is 0 Å². The minimum atomic E-state index is -0.496. The van der Waals surface area contributed by atoms with Gasteiger partial charge in [-0.25, -0.2) is 13.8 Å². The topological polar surface area (TPSA) is 40.7 Å². The average molecular weight is 265 g/mol. The number of H-pyrrole nitrogens is 1. The quantitative estimate of drug-likeness (QED) is 0.872. The summed E-state index contributed by atoms with van der Waals surface area (Å²) in [5.41, 5.74) is 2.04. The Kier molecular flexibility index (Phi) is 4.27. The van der Waals surface area contributed by atoms with Crippen molar-refractivity contribution < 1.29 is 8.78 Å². The van der Waals surface area contributed by atoms with Crippen LogP contribution in [0.1, 0.15) is 23.9 Å². The van der Waals surface area contributed by atoms with Crippen LogP contribution in [0.15, 0.2) is 24.5 Å². The first kappa shape index (κ1) is 13.7. The maximum absolute atomic E-state index is 13.5. The molecule has 0 aliphatic heterocycles.